The van der Waals surface area contributed by atoms with Crippen LogP contribution in [0, 0.1) is 12.7 Å². The predicted octanol–water partition coefficient (Wildman–Crippen LogP) is 9.01. The summed E-state index contributed by atoms with van der Waals surface area (Å²) in [6.45, 7) is 3.09. The highest BCUT2D eigenvalue weighted by atomic mass is 19.3. The fourth-order valence-corrected chi connectivity index (χ4v) is 3.61. The zero-order chi connectivity index (χ0) is 27.3. The van der Waals surface area contributed by atoms with Gasteiger partial charge < -0.3 is 4.74 Å². The van der Waals surface area contributed by atoms with Crippen LogP contribution in [0.5, 0.6) is 5.75 Å². The summed E-state index contributed by atoms with van der Waals surface area (Å²) in [5.74, 6) is -6.15. The number of benzene rings is 2. The summed E-state index contributed by atoms with van der Waals surface area (Å²) in [5, 5.41) is 0. The Kier molecular flexibility index (Phi) is 8.57. The van der Waals surface area contributed by atoms with Crippen LogP contribution in [-0.4, -0.2) is 19.0 Å². The van der Waals surface area contributed by atoms with Crippen molar-refractivity contribution in [1.29, 1.82) is 0 Å². The van der Waals surface area contributed by atoms with E-state index in [0.29, 0.717) is 29.3 Å². The quantitative estimate of drug-likeness (QED) is 0.247. The molecule has 3 rings (SSSR count). The normalized spacial score (nSPS) is 17.0. The average Bonchev–Trinajstić information content (AvgIpc) is 2.96. The zero-order valence-electron chi connectivity index (χ0n) is 19.4. The summed E-state index contributed by atoms with van der Waals surface area (Å²) in [7, 11) is 0. The van der Waals surface area contributed by atoms with Gasteiger partial charge in [0.05, 0.1) is 0 Å². The van der Waals surface area contributed by atoms with E-state index in [1.165, 1.54) is 6.08 Å². The molecule has 0 bridgehead atoms. The summed E-state index contributed by atoms with van der Waals surface area (Å²) in [5.41, 5.74) is -1.23. The van der Waals surface area contributed by atoms with E-state index >= 15 is 0 Å². The fraction of sp³-hybridized carbons (Fsp3) is 0.143. The number of halogens is 8. The largest absolute Gasteiger partial charge is 0.429 e. The van der Waals surface area contributed by atoms with Gasteiger partial charge in [-0.2, -0.15) is 8.78 Å². The van der Waals surface area contributed by atoms with E-state index in [2.05, 4.69) is 11.3 Å². The van der Waals surface area contributed by atoms with Gasteiger partial charge in [-0.1, -0.05) is 36.9 Å². The van der Waals surface area contributed by atoms with E-state index in [1.807, 2.05) is 0 Å². The second-order valence-corrected chi connectivity index (χ2v) is 7.97. The molecule has 0 spiro atoms. The third-order valence-corrected chi connectivity index (χ3v) is 5.28. The monoisotopic (exact) mass is 524 g/mol. The van der Waals surface area contributed by atoms with Crippen LogP contribution in [0.25, 0.3) is 11.1 Å². The van der Waals surface area contributed by atoms with Crippen LogP contribution in [0.1, 0.15) is 16.7 Å². The van der Waals surface area contributed by atoms with E-state index in [0.717, 1.165) is 24.3 Å². The molecule has 194 valence electrons. The molecule has 0 N–H and O–H groups in total. The Bertz CT molecular complexity index is 1350. The molecule has 1 nitrogen and oxygen atoms in total. The number of rotatable bonds is 8. The Labute approximate surface area is 208 Å². The third-order valence-electron chi connectivity index (χ3n) is 5.28. The van der Waals surface area contributed by atoms with Crippen LogP contribution in [0.2, 0.25) is 0 Å². The molecule has 0 saturated heterocycles. The number of alkyl halides is 4. The Balaban J connectivity index is 1.97. The Morgan fingerprint density at radius 1 is 1.08 bits per heavy atom. The van der Waals surface area contributed by atoms with E-state index < -0.39 is 64.7 Å². The summed E-state index contributed by atoms with van der Waals surface area (Å²) >= 11 is 0. The van der Waals surface area contributed by atoms with Crippen molar-refractivity contribution < 1.29 is 39.9 Å². The van der Waals surface area contributed by atoms with Gasteiger partial charge >= 0.3 is 6.11 Å². The van der Waals surface area contributed by atoms with Gasteiger partial charge in [0.2, 0.25) is 0 Å². The van der Waals surface area contributed by atoms with Gasteiger partial charge in [-0.3, -0.25) is 0 Å². The predicted molar refractivity (Wildman–Crippen MR) is 127 cm³/mol. The molecule has 0 fully saturated rings. The van der Waals surface area contributed by atoms with Crippen LogP contribution in [-0.2, 0) is 0 Å². The lowest BCUT2D eigenvalue weighted by Crippen LogP contribution is -2.32. The number of hydrogen-bond acceptors (Lipinski definition) is 1. The molecule has 0 radical (unpaired) electrons. The second-order valence-electron chi connectivity index (χ2n) is 7.97. The number of ether oxygens (including phenoxy) is 1. The molecule has 1 aliphatic carbocycles. The average molecular weight is 524 g/mol. The van der Waals surface area contributed by atoms with E-state index in [9.17, 15) is 35.1 Å². The van der Waals surface area contributed by atoms with Crippen molar-refractivity contribution in [2.45, 2.75) is 19.2 Å². The van der Waals surface area contributed by atoms with Crippen molar-refractivity contribution in [3.05, 3.63) is 125 Å². The molecular weight excluding hydrogens is 504 g/mol. The molecule has 9 heteroatoms. The first-order chi connectivity index (χ1) is 17.4. The molecule has 0 aromatic heterocycles. The van der Waals surface area contributed by atoms with Crippen molar-refractivity contribution in [3.8, 4) is 5.75 Å². The minimum Gasteiger partial charge on any atom is -0.429 e. The minimum absolute atomic E-state index is 0.154. The van der Waals surface area contributed by atoms with Crippen LogP contribution in [0.15, 0.2) is 102 Å². The molecule has 1 aliphatic rings. The molecule has 1 atom stereocenters. The van der Waals surface area contributed by atoms with Gasteiger partial charge in [0.15, 0.2) is 6.17 Å². The van der Waals surface area contributed by atoms with Gasteiger partial charge in [-0.25, -0.2) is 26.3 Å². The van der Waals surface area contributed by atoms with Gasteiger partial charge in [0.25, 0.3) is 0 Å². The van der Waals surface area contributed by atoms with Gasteiger partial charge in [-0.05, 0) is 65.6 Å². The molecule has 2 aromatic carbocycles. The number of allylic oxidation sites excluding steroid dienone is 10. The maximum Gasteiger partial charge on any atom is 0.428 e. The highest BCUT2D eigenvalue weighted by molar-refractivity contribution is 5.79. The van der Waals surface area contributed by atoms with Crippen LogP contribution in [0.3, 0.4) is 0 Å². The van der Waals surface area contributed by atoms with Crippen LogP contribution in [0.4, 0.5) is 35.1 Å². The molecule has 0 amide bonds. The minimum atomic E-state index is -4.55. The molecule has 1 unspecified atom stereocenters. The highest BCUT2D eigenvalue weighted by Gasteiger charge is 2.44. The molecular formula is C28H20F8O. The van der Waals surface area contributed by atoms with E-state index in [4.69, 9.17) is 0 Å². The van der Waals surface area contributed by atoms with Crippen LogP contribution < -0.4 is 4.74 Å². The first-order valence-corrected chi connectivity index (χ1v) is 10.8. The highest BCUT2D eigenvalue weighted by Crippen LogP contribution is 2.39. The number of aryl methyl sites for hydroxylation is 1. The topological polar surface area (TPSA) is 9.23 Å². The van der Waals surface area contributed by atoms with Gasteiger partial charge in [0, 0.05) is 11.6 Å². The van der Waals surface area contributed by atoms with Gasteiger partial charge in [-0.15, -0.1) is 0 Å². The fourth-order valence-electron chi connectivity index (χ4n) is 3.61. The maximum atomic E-state index is 14.9. The van der Waals surface area contributed by atoms with E-state index in [1.54, 1.807) is 31.2 Å². The smallest absolute Gasteiger partial charge is 0.428 e. The molecule has 0 heterocycles. The lowest BCUT2D eigenvalue weighted by atomic mass is 10.00. The van der Waals surface area contributed by atoms with E-state index in [-0.39, 0.29) is 5.57 Å². The zero-order valence-corrected chi connectivity index (χ0v) is 19.4. The standard InChI is InChI=1S/C28H20F8O/c1-16-5-3-4-6-22(16)18-7-10-24(32)27(26(34)13-18)28(35,36)37-21-8-9-23(25(33)14-21)19(11-17(2)30)12-20(31)15-29/h3-14,24H,2,15H2,1H3/b19-11+,20-12+. The Morgan fingerprint density at radius 2 is 1.78 bits per heavy atom. The summed E-state index contributed by atoms with van der Waals surface area (Å²) in [6.07, 6.45) is -3.35. The first kappa shape index (κ1) is 27.7. The Morgan fingerprint density at radius 3 is 2.41 bits per heavy atom. The third kappa shape index (κ3) is 6.67. The lowest BCUT2D eigenvalue weighted by Gasteiger charge is -2.22. The Hall–Kier alpha value is -3.88. The molecule has 0 saturated carbocycles. The van der Waals surface area contributed by atoms with Crippen molar-refractivity contribution in [2.75, 3.05) is 6.67 Å². The SMILES string of the molecule is C=C(F)/C=C(\C=C(\F)CF)c1ccc(OC(F)(F)C2=C(F)C=C(c3ccccc3C)C=CC2F)cc1F. The second kappa shape index (κ2) is 11.5. The number of hydrogen-bond donors (Lipinski definition) is 0. The molecule has 2 aromatic rings. The summed E-state index contributed by atoms with van der Waals surface area (Å²) < 4.78 is 118. The van der Waals surface area contributed by atoms with Crippen molar-refractivity contribution in [3.63, 3.8) is 0 Å². The summed E-state index contributed by atoms with van der Waals surface area (Å²) in [6, 6.07) is 8.78. The van der Waals surface area contributed by atoms with Gasteiger partial charge in [0.1, 0.15) is 41.3 Å². The van der Waals surface area contributed by atoms with Crippen molar-refractivity contribution in [2.24, 2.45) is 0 Å². The van der Waals surface area contributed by atoms with Crippen molar-refractivity contribution in [1.82, 2.24) is 0 Å². The van der Waals surface area contributed by atoms with Crippen molar-refractivity contribution >= 4 is 11.1 Å². The first-order valence-electron chi connectivity index (χ1n) is 10.8. The maximum absolute atomic E-state index is 14.9. The molecule has 37 heavy (non-hydrogen) atoms. The lowest BCUT2D eigenvalue weighted by molar-refractivity contribution is -0.148. The molecule has 0 aliphatic heterocycles. The van der Waals surface area contributed by atoms with Crippen LogP contribution >= 0.6 is 0 Å². The summed E-state index contributed by atoms with van der Waals surface area (Å²) in [4.78, 5) is 0.